The maximum Gasteiger partial charge on any atom is 0.255 e. The van der Waals surface area contributed by atoms with Gasteiger partial charge in [-0.3, -0.25) is 4.79 Å². The van der Waals surface area contributed by atoms with E-state index in [2.05, 4.69) is 15.3 Å². The summed E-state index contributed by atoms with van der Waals surface area (Å²) in [7, 11) is 0. The fraction of sp³-hybridized carbons (Fsp3) is 0.556. The molecule has 0 fully saturated rings. The van der Waals surface area contributed by atoms with Crippen molar-refractivity contribution in [2.24, 2.45) is 0 Å². The molecule has 2 heterocycles. The highest BCUT2D eigenvalue weighted by atomic mass is 16.1. The normalized spacial score (nSPS) is 20.3. The average molecular weight is 179 g/mol. The number of aryl methyl sites for hydroxylation is 1. The van der Waals surface area contributed by atoms with E-state index in [1.807, 2.05) is 13.8 Å². The molecule has 4 nitrogen and oxygen atoms in total. The van der Waals surface area contributed by atoms with Gasteiger partial charge in [0.05, 0.1) is 11.3 Å². The van der Waals surface area contributed by atoms with Crippen LogP contribution < -0.4 is 10.9 Å². The standard InChI is InChI=1S/C9H13N3O/c1-3-7-11-6-4-10-5(2)8(6)9(13)12-7/h5,10H,3-4H2,1-2H3,(H,11,12,13). The highest BCUT2D eigenvalue weighted by Crippen LogP contribution is 2.18. The Labute approximate surface area is 76.4 Å². The molecule has 1 atom stereocenters. The summed E-state index contributed by atoms with van der Waals surface area (Å²) < 4.78 is 0. The monoisotopic (exact) mass is 179 g/mol. The lowest BCUT2D eigenvalue weighted by atomic mass is 10.1. The van der Waals surface area contributed by atoms with Crippen LogP contribution in [0.2, 0.25) is 0 Å². The molecule has 0 saturated heterocycles. The molecule has 0 amide bonds. The van der Waals surface area contributed by atoms with E-state index >= 15 is 0 Å². The van der Waals surface area contributed by atoms with E-state index in [0.29, 0.717) is 6.54 Å². The average Bonchev–Trinajstić information content (AvgIpc) is 2.48. The quantitative estimate of drug-likeness (QED) is 0.660. The van der Waals surface area contributed by atoms with Crippen molar-refractivity contribution in [3.63, 3.8) is 0 Å². The van der Waals surface area contributed by atoms with Crippen molar-refractivity contribution in [3.8, 4) is 0 Å². The van der Waals surface area contributed by atoms with Crippen LogP contribution in [0.15, 0.2) is 4.79 Å². The Morgan fingerprint density at radius 2 is 2.38 bits per heavy atom. The van der Waals surface area contributed by atoms with Crippen molar-refractivity contribution in [2.45, 2.75) is 32.9 Å². The molecule has 1 aliphatic heterocycles. The van der Waals surface area contributed by atoms with Gasteiger partial charge in [0, 0.05) is 19.0 Å². The predicted octanol–water partition coefficient (Wildman–Crippen LogP) is 0.496. The molecule has 13 heavy (non-hydrogen) atoms. The molecule has 0 radical (unpaired) electrons. The van der Waals surface area contributed by atoms with Crippen LogP contribution in [0.1, 0.15) is 37.0 Å². The molecule has 4 heteroatoms. The van der Waals surface area contributed by atoms with Crippen LogP contribution in [0.5, 0.6) is 0 Å². The van der Waals surface area contributed by atoms with Crippen LogP contribution in [0.4, 0.5) is 0 Å². The second kappa shape index (κ2) is 2.96. The first-order chi connectivity index (χ1) is 6.22. The Hall–Kier alpha value is -1.16. The SMILES string of the molecule is CCc1nc2c(c(=O)[nH]1)C(C)NC2. The van der Waals surface area contributed by atoms with Crippen molar-refractivity contribution in [1.29, 1.82) is 0 Å². The van der Waals surface area contributed by atoms with Gasteiger partial charge in [0.25, 0.3) is 5.56 Å². The fourth-order valence-electron chi connectivity index (χ4n) is 1.68. The summed E-state index contributed by atoms with van der Waals surface area (Å²) in [5.41, 5.74) is 1.73. The molecule has 0 bridgehead atoms. The third kappa shape index (κ3) is 1.27. The van der Waals surface area contributed by atoms with E-state index in [1.165, 1.54) is 0 Å². The minimum Gasteiger partial charge on any atom is -0.310 e. The van der Waals surface area contributed by atoms with Crippen molar-refractivity contribution >= 4 is 0 Å². The summed E-state index contributed by atoms with van der Waals surface area (Å²) >= 11 is 0. The first-order valence-corrected chi connectivity index (χ1v) is 4.57. The van der Waals surface area contributed by atoms with Crippen LogP contribution in [0.3, 0.4) is 0 Å². The largest absolute Gasteiger partial charge is 0.310 e. The summed E-state index contributed by atoms with van der Waals surface area (Å²) in [4.78, 5) is 18.7. The van der Waals surface area contributed by atoms with Gasteiger partial charge in [-0.25, -0.2) is 4.98 Å². The topological polar surface area (TPSA) is 57.8 Å². The second-order valence-corrected chi connectivity index (χ2v) is 3.33. The van der Waals surface area contributed by atoms with Gasteiger partial charge in [0.15, 0.2) is 0 Å². The van der Waals surface area contributed by atoms with Gasteiger partial charge in [-0.05, 0) is 6.92 Å². The van der Waals surface area contributed by atoms with Crippen molar-refractivity contribution in [1.82, 2.24) is 15.3 Å². The molecular formula is C9H13N3O. The van der Waals surface area contributed by atoms with Crippen LogP contribution in [-0.4, -0.2) is 9.97 Å². The summed E-state index contributed by atoms with van der Waals surface area (Å²) in [5, 5.41) is 3.19. The molecule has 70 valence electrons. The number of H-pyrrole nitrogens is 1. The number of nitrogens with zero attached hydrogens (tertiary/aromatic N) is 1. The summed E-state index contributed by atoms with van der Waals surface area (Å²) in [6.45, 7) is 4.68. The molecule has 1 aromatic heterocycles. The Morgan fingerprint density at radius 3 is 3.08 bits per heavy atom. The maximum atomic E-state index is 11.6. The van der Waals surface area contributed by atoms with Crippen LogP contribution in [0, 0.1) is 0 Å². The van der Waals surface area contributed by atoms with Gasteiger partial charge in [-0.1, -0.05) is 6.92 Å². The minimum atomic E-state index is 0.0133. The zero-order valence-electron chi connectivity index (χ0n) is 7.85. The molecule has 0 aromatic carbocycles. The van der Waals surface area contributed by atoms with E-state index in [0.717, 1.165) is 23.5 Å². The van der Waals surface area contributed by atoms with E-state index in [-0.39, 0.29) is 11.6 Å². The molecule has 0 saturated carbocycles. The molecule has 0 aliphatic carbocycles. The highest BCUT2D eigenvalue weighted by molar-refractivity contribution is 5.25. The summed E-state index contributed by atoms with van der Waals surface area (Å²) in [6.07, 6.45) is 0.775. The number of aromatic nitrogens is 2. The maximum absolute atomic E-state index is 11.6. The Kier molecular flexibility index (Phi) is 1.92. The van der Waals surface area contributed by atoms with Gasteiger partial charge in [0.2, 0.25) is 0 Å². The van der Waals surface area contributed by atoms with Crippen LogP contribution in [0.25, 0.3) is 0 Å². The lowest BCUT2D eigenvalue weighted by molar-refractivity contribution is 0.629. The van der Waals surface area contributed by atoms with Crippen LogP contribution in [-0.2, 0) is 13.0 Å². The van der Waals surface area contributed by atoms with E-state index in [1.54, 1.807) is 0 Å². The number of hydrogen-bond acceptors (Lipinski definition) is 3. The smallest absolute Gasteiger partial charge is 0.255 e. The molecule has 1 unspecified atom stereocenters. The van der Waals surface area contributed by atoms with Crippen molar-refractivity contribution < 1.29 is 0 Å². The van der Waals surface area contributed by atoms with Crippen molar-refractivity contribution in [3.05, 3.63) is 27.4 Å². The van der Waals surface area contributed by atoms with Crippen molar-refractivity contribution in [2.75, 3.05) is 0 Å². The highest BCUT2D eigenvalue weighted by Gasteiger charge is 2.22. The first-order valence-electron chi connectivity index (χ1n) is 4.57. The molecule has 1 aromatic rings. The Morgan fingerprint density at radius 1 is 1.62 bits per heavy atom. The van der Waals surface area contributed by atoms with Crippen LogP contribution >= 0.6 is 0 Å². The molecule has 1 aliphatic rings. The Bertz CT molecular complexity index is 383. The number of hydrogen-bond donors (Lipinski definition) is 2. The minimum absolute atomic E-state index is 0.0133. The lowest BCUT2D eigenvalue weighted by Gasteiger charge is -2.03. The number of rotatable bonds is 1. The van der Waals surface area contributed by atoms with Gasteiger partial charge >= 0.3 is 0 Å². The molecule has 2 rings (SSSR count). The summed E-state index contributed by atoms with van der Waals surface area (Å²) in [5.74, 6) is 0.777. The van der Waals surface area contributed by atoms with E-state index in [4.69, 9.17) is 0 Å². The molecule has 2 N–H and O–H groups in total. The number of nitrogens with one attached hydrogen (secondary N) is 2. The number of fused-ring (bicyclic) bond motifs is 1. The third-order valence-electron chi connectivity index (χ3n) is 2.43. The zero-order valence-corrected chi connectivity index (χ0v) is 7.85. The Balaban J connectivity index is 2.59. The van der Waals surface area contributed by atoms with E-state index < -0.39 is 0 Å². The van der Waals surface area contributed by atoms with Gasteiger partial charge < -0.3 is 10.3 Å². The fourth-order valence-corrected chi connectivity index (χ4v) is 1.68. The number of aromatic amines is 1. The zero-order chi connectivity index (χ0) is 9.42. The second-order valence-electron chi connectivity index (χ2n) is 3.33. The predicted molar refractivity (Wildman–Crippen MR) is 49.5 cm³/mol. The van der Waals surface area contributed by atoms with Gasteiger partial charge in [0.1, 0.15) is 5.82 Å². The first kappa shape index (κ1) is 8.44. The molecule has 0 spiro atoms. The lowest BCUT2D eigenvalue weighted by Crippen LogP contribution is -2.19. The molecular weight excluding hydrogens is 166 g/mol. The van der Waals surface area contributed by atoms with E-state index in [9.17, 15) is 4.79 Å². The van der Waals surface area contributed by atoms with Gasteiger partial charge in [-0.2, -0.15) is 0 Å². The summed E-state index contributed by atoms with van der Waals surface area (Å²) in [6, 6.07) is 0.136. The van der Waals surface area contributed by atoms with Gasteiger partial charge in [-0.15, -0.1) is 0 Å². The third-order valence-corrected chi connectivity index (χ3v) is 2.43.